The molecule has 178 valence electrons. The maximum atomic E-state index is 13.1. The van der Waals surface area contributed by atoms with Gasteiger partial charge in [-0.05, 0) is 104 Å². The Hall–Kier alpha value is -1.12. The summed E-state index contributed by atoms with van der Waals surface area (Å²) in [4.78, 5) is 25.8. The Labute approximate surface area is 194 Å². The number of carboxylic acid groups (broad SMARTS) is 1. The number of Topliss-reactive ketones (excluding diaryl/α,β-unsaturated/α-hetero) is 1. The fraction of sp³-hybridized carbons (Fsp3) is 0.862. The van der Waals surface area contributed by atoms with Crippen LogP contribution in [0.3, 0.4) is 0 Å². The Bertz CT molecular complexity index is 887. The third-order valence-electron chi connectivity index (χ3n) is 12.9. The number of rotatable bonds is 2. The summed E-state index contributed by atoms with van der Waals surface area (Å²) in [6.45, 7) is 18.3. The van der Waals surface area contributed by atoms with Crippen LogP contribution in [0.2, 0.25) is 0 Å². The minimum atomic E-state index is -0.556. The maximum absolute atomic E-state index is 13.1. The summed E-state index contributed by atoms with van der Waals surface area (Å²) in [5.74, 6) is 1.96. The number of hydrogen-bond donors (Lipinski definition) is 1. The summed E-state index contributed by atoms with van der Waals surface area (Å²) in [6.07, 6.45) is 8.99. The van der Waals surface area contributed by atoms with Crippen LogP contribution < -0.4 is 0 Å². The van der Waals surface area contributed by atoms with Crippen molar-refractivity contribution in [3.63, 3.8) is 0 Å². The molecule has 0 bridgehead atoms. The Morgan fingerprint density at radius 3 is 2.22 bits per heavy atom. The molecule has 5 fully saturated rings. The molecule has 0 radical (unpaired) electrons. The third-order valence-corrected chi connectivity index (χ3v) is 12.9. The molecule has 1 unspecified atom stereocenters. The average molecular weight is 441 g/mol. The van der Waals surface area contributed by atoms with Gasteiger partial charge in [-0.3, -0.25) is 9.59 Å². The summed E-state index contributed by atoms with van der Waals surface area (Å²) in [5, 5.41) is 10.5. The van der Waals surface area contributed by atoms with Crippen molar-refractivity contribution in [3.05, 3.63) is 12.2 Å². The molecule has 0 aromatic carbocycles. The van der Waals surface area contributed by atoms with Gasteiger partial charge in [0.25, 0.3) is 0 Å². The van der Waals surface area contributed by atoms with Gasteiger partial charge in [-0.1, -0.05) is 46.8 Å². The molecule has 0 aromatic rings. The number of fused-ring (bicyclic) bond motifs is 7. The second-order valence-electron chi connectivity index (χ2n) is 14.0. The van der Waals surface area contributed by atoms with Gasteiger partial charge in [0.1, 0.15) is 5.78 Å². The summed E-state index contributed by atoms with van der Waals surface area (Å²) in [6, 6.07) is 0. The van der Waals surface area contributed by atoms with Crippen LogP contribution in [0.15, 0.2) is 12.2 Å². The van der Waals surface area contributed by atoms with Gasteiger partial charge in [0.05, 0.1) is 5.41 Å². The minimum absolute atomic E-state index is 0.0896. The number of carboxylic acids is 1. The highest BCUT2D eigenvalue weighted by atomic mass is 16.4. The highest BCUT2D eigenvalue weighted by Gasteiger charge is 2.73. The van der Waals surface area contributed by atoms with Crippen molar-refractivity contribution in [3.8, 4) is 0 Å². The van der Waals surface area contributed by atoms with E-state index in [0.29, 0.717) is 29.5 Å². The zero-order valence-corrected chi connectivity index (χ0v) is 21.2. The van der Waals surface area contributed by atoms with Crippen LogP contribution in [0.25, 0.3) is 0 Å². The van der Waals surface area contributed by atoms with E-state index in [-0.39, 0.29) is 27.6 Å². The van der Waals surface area contributed by atoms with Crippen LogP contribution in [0.5, 0.6) is 0 Å². The van der Waals surface area contributed by atoms with Crippen LogP contribution in [0.4, 0.5) is 0 Å². The first-order valence-electron chi connectivity index (χ1n) is 13.2. The second-order valence-corrected chi connectivity index (χ2v) is 14.0. The Balaban J connectivity index is 1.58. The number of allylic oxidation sites excluding steroid dienone is 1. The van der Waals surface area contributed by atoms with Gasteiger partial charge < -0.3 is 5.11 Å². The molecule has 9 atom stereocenters. The van der Waals surface area contributed by atoms with Gasteiger partial charge in [-0.25, -0.2) is 0 Å². The first kappa shape index (κ1) is 22.7. The third kappa shape index (κ3) is 2.39. The smallest absolute Gasteiger partial charge is 0.309 e. The molecule has 5 aliphatic carbocycles. The fourth-order valence-electron chi connectivity index (χ4n) is 11.1. The maximum Gasteiger partial charge on any atom is 0.309 e. The highest BCUT2D eigenvalue weighted by molar-refractivity contribution is 5.88. The molecule has 0 amide bonds. The molecule has 5 saturated carbocycles. The van der Waals surface area contributed by atoms with Gasteiger partial charge in [0, 0.05) is 11.8 Å². The Morgan fingerprint density at radius 2 is 1.59 bits per heavy atom. The van der Waals surface area contributed by atoms with E-state index in [2.05, 4.69) is 48.1 Å². The lowest BCUT2D eigenvalue weighted by atomic mass is 9.34. The number of hydrogen-bond acceptors (Lipinski definition) is 2. The molecule has 0 heterocycles. The van der Waals surface area contributed by atoms with E-state index >= 15 is 0 Å². The summed E-state index contributed by atoms with van der Waals surface area (Å²) in [5.41, 5.74) is 0.842. The van der Waals surface area contributed by atoms with Crippen LogP contribution in [0, 0.1) is 56.7 Å². The normalized spacial score (nSPS) is 53.7. The summed E-state index contributed by atoms with van der Waals surface area (Å²) < 4.78 is 0. The zero-order chi connectivity index (χ0) is 23.5. The molecular formula is C29H44O3. The molecule has 0 spiro atoms. The van der Waals surface area contributed by atoms with E-state index in [1.54, 1.807) is 0 Å². The average Bonchev–Trinajstić information content (AvgIpc) is 3.17. The largest absolute Gasteiger partial charge is 0.481 e. The van der Waals surface area contributed by atoms with Crippen molar-refractivity contribution in [2.75, 3.05) is 0 Å². The first-order valence-corrected chi connectivity index (χ1v) is 13.2. The van der Waals surface area contributed by atoms with Crippen LogP contribution in [-0.4, -0.2) is 16.9 Å². The van der Waals surface area contributed by atoms with E-state index in [9.17, 15) is 14.7 Å². The predicted molar refractivity (Wildman–Crippen MR) is 127 cm³/mol. The summed E-state index contributed by atoms with van der Waals surface area (Å²) in [7, 11) is 0. The fourth-order valence-corrected chi connectivity index (χ4v) is 11.1. The van der Waals surface area contributed by atoms with Gasteiger partial charge in [-0.15, -0.1) is 0 Å². The molecule has 32 heavy (non-hydrogen) atoms. The topological polar surface area (TPSA) is 54.4 Å². The van der Waals surface area contributed by atoms with Crippen molar-refractivity contribution >= 4 is 11.8 Å². The minimum Gasteiger partial charge on any atom is -0.481 e. The number of ketones is 1. The van der Waals surface area contributed by atoms with Crippen LogP contribution in [0.1, 0.15) is 99.3 Å². The van der Waals surface area contributed by atoms with E-state index in [1.165, 1.54) is 12.0 Å². The number of carbonyl (C=O) groups is 2. The molecule has 0 aromatic heterocycles. The molecule has 5 rings (SSSR count). The van der Waals surface area contributed by atoms with Crippen LogP contribution >= 0.6 is 0 Å². The second kappa shape index (κ2) is 6.51. The zero-order valence-electron chi connectivity index (χ0n) is 21.2. The van der Waals surface area contributed by atoms with E-state index in [4.69, 9.17) is 0 Å². The van der Waals surface area contributed by atoms with E-state index in [1.807, 2.05) is 0 Å². The molecule has 1 N–H and O–H groups in total. The number of aliphatic carboxylic acids is 1. The van der Waals surface area contributed by atoms with Crippen LogP contribution in [-0.2, 0) is 9.59 Å². The van der Waals surface area contributed by atoms with E-state index < -0.39 is 11.4 Å². The SMILES string of the molecule is C=C(C)[C@@H]1CC[C@]2(C(=O)O)CC[C@]3(C)[C@H](CC[C@@H]4[C@@]5(C)CC(=O)C(C)(C)[C@@H]5CC[C@]43C)C12. The van der Waals surface area contributed by atoms with Crippen molar-refractivity contribution in [1.82, 2.24) is 0 Å². The molecular weight excluding hydrogens is 396 g/mol. The van der Waals surface area contributed by atoms with Gasteiger partial charge in [0.15, 0.2) is 0 Å². The molecule has 3 heteroatoms. The monoisotopic (exact) mass is 440 g/mol. The Kier molecular flexibility index (Phi) is 4.61. The lowest BCUT2D eigenvalue weighted by Crippen LogP contribution is -2.64. The quantitative estimate of drug-likeness (QED) is 0.475. The molecule has 0 saturated heterocycles. The molecule has 0 aliphatic heterocycles. The standard InChI is InChI=1S/C29H44O3/c1-17(2)18-10-13-29(24(31)32)15-14-27(6)19(23(18)29)8-9-21-26(5)16-22(30)25(3,4)20(26)11-12-28(21,27)7/h18-21,23H,1,8-16H2,2-7H3,(H,31,32)/t18-,19+,20-,21+,23?,26-,27+,28+,29-/m0/s1. The lowest BCUT2D eigenvalue weighted by molar-refractivity contribution is -0.221. The summed E-state index contributed by atoms with van der Waals surface area (Å²) >= 11 is 0. The Morgan fingerprint density at radius 1 is 0.906 bits per heavy atom. The van der Waals surface area contributed by atoms with E-state index in [0.717, 1.165) is 51.4 Å². The predicted octanol–water partition coefficient (Wildman–Crippen LogP) is 6.91. The highest BCUT2D eigenvalue weighted by Crippen LogP contribution is 2.77. The number of carbonyl (C=O) groups excluding carboxylic acids is 1. The van der Waals surface area contributed by atoms with Gasteiger partial charge in [0.2, 0.25) is 0 Å². The van der Waals surface area contributed by atoms with Crippen molar-refractivity contribution in [2.24, 2.45) is 56.7 Å². The van der Waals surface area contributed by atoms with Gasteiger partial charge >= 0.3 is 5.97 Å². The molecule has 5 aliphatic rings. The van der Waals surface area contributed by atoms with Gasteiger partial charge in [-0.2, -0.15) is 0 Å². The molecule has 3 nitrogen and oxygen atoms in total. The first-order chi connectivity index (χ1) is 14.8. The van der Waals surface area contributed by atoms with Crippen molar-refractivity contribution in [2.45, 2.75) is 99.3 Å². The lowest BCUT2D eigenvalue weighted by Gasteiger charge is -2.70. The van der Waals surface area contributed by atoms with Crippen molar-refractivity contribution in [1.29, 1.82) is 0 Å². The van der Waals surface area contributed by atoms with Crippen molar-refractivity contribution < 1.29 is 14.7 Å².